The molecular weight excluding hydrogens is 276 g/mol. The van der Waals surface area contributed by atoms with E-state index >= 15 is 0 Å². The van der Waals surface area contributed by atoms with Gasteiger partial charge in [-0.3, -0.25) is 4.79 Å². The van der Waals surface area contributed by atoms with Crippen molar-refractivity contribution < 1.29 is 9.53 Å². The summed E-state index contributed by atoms with van der Waals surface area (Å²) in [4.78, 5) is 14.0. The van der Waals surface area contributed by atoms with Crippen LogP contribution in [0.4, 0.5) is 0 Å². The molecule has 0 unspecified atom stereocenters. The SMILES string of the molecule is CN(C)C/C=C/C(=O)NCC1(c2ccccc2)CCOCC1. The predicted octanol–water partition coefficient (Wildman–Crippen LogP) is 1.97. The van der Waals surface area contributed by atoms with Crippen LogP contribution in [0.15, 0.2) is 42.5 Å². The molecule has 1 saturated heterocycles. The van der Waals surface area contributed by atoms with Crippen LogP contribution in [0.25, 0.3) is 0 Å². The highest BCUT2D eigenvalue weighted by Crippen LogP contribution is 2.34. The van der Waals surface area contributed by atoms with Crippen LogP contribution in [-0.2, 0) is 14.9 Å². The molecule has 22 heavy (non-hydrogen) atoms. The van der Waals surface area contributed by atoms with E-state index in [1.54, 1.807) is 6.08 Å². The molecule has 1 amide bonds. The summed E-state index contributed by atoms with van der Waals surface area (Å²) in [6.45, 7) is 2.93. The van der Waals surface area contributed by atoms with E-state index in [1.807, 2.05) is 31.1 Å². The molecule has 0 saturated carbocycles. The second-order valence-corrected chi connectivity index (χ2v) is 6.14. The summed E-state index contributed by atoms with van der Waals surface area (Å²) in [5.41, 5.74) is 1.28. The first kappa shape index (κ1) is 16.7. The maximum Gasteiger partial charge on any atom is 0.243 e. The normalized spacial score (nSPS) is 17.8. The molecular formula is C18H26N2O2. The average Bonchev–Trinajstić information content (AvgIpc) is 2.54. The molecule has 0 radical (unpaired) electrons. The van der Waals surface area contributed by atoms with Crippen molar-refractivity contribution in [1.29, 1.82) is 0 Å². The third kappa shape index (κ3) is 4.68. The largest absolute Gasteiger partial charge is 0.381 e. The van der Waals surface area contributed by atoms with Crippen molar-refractivity contribution in [2.75, 3.05) is 40.4 Å². The van der Waals surface area contributed by atoms with Crippen LogP contribution in [0.2, 0.25) is 0 Å². The van der Waals surface area contributed by atoms with Crippen molar-refractivity contribution in [3.63, 3.8) is 0 Å². The lowest BCUT2D eigenvalue weighted by Crippen LogP contribution is -2.44. The number of carbonyl (C=O) groups excluding carboxylic acids is 1. The highest BCUT2D eigenvalue weighted by Gasteiger charge is 2.34. The molecule has 1 aliphatic rings. The Balaban J connectivity index is 1.99. The third-order valence-corrected chi connectivity index (χ3v) is 4.18. The zero-order chi connectivity index (χ0) is 15.8. The molecule has 1 N–H and O–H groups in total. The third-order valence-electron chi connectivity index (χ3n) is 4.18. The van der Waals surface area contributed by atoms with Crippen LogP contribution in [-0.4, -0.2) is 51.2 Å². The highest BCUT2D eigenvalue weighted by atomic mass is 16.5. The van der Waals surface area contributed by atoms with Crippen LogP contribution in [0.5, 0.6) is 0 Å². The van der Waals surface area contributed by atoms with Crippen molar-refractivity contribution >= 4 is 5.91 Å². The first-order valence-electron chi connectivity index (χ1n) is 7.85. The molecule has 0 bridgehead atoms. The van der Waals surface area contributed by atoms with Gasteiger partial charge in [-0.05, 0) is 32.5 Å². The van der Waals surface area contributed by atoms with Crippen LogP contribution in [0.3, 0.4) is 0 Å². The van der Waals surface area contributed by atoms with Crippen LogP contribution in [0, 0.1) is 0 Å². The zero-order valence-corrected chi connectivity index (χ0v) is 13.5. The number of hydrogen-bond acceptors (Lipinski definition) is 3. The first-order chi connectivity index (χ1) is 10.6. The van der Waals surface area contributed by atoms with Gasteiger partial charge in [0.15, 0.2) is 0 Å². The van der Waals surface area contributed by atoms with E-state index in [4.69, 9.17) is 4.74 Å². The van der Waals surface area contributed by atoms with Gasteiger partial charge >= 0.3 is 0 Å². The molecule has 120 valence electrons. The topological polar surface area (TPSA) is 41.6 Å². The predicted molar refractivity (Wildman–Crippen MR) is 88.9 cm³/mol. The summed E-state index contributed by atoms with van der Waals surface area (Å²) in [7, 11) is 3.96. The van der Waals surface area contributed by atoms with Crippen LogP contribution < -0.4 is 5.32 Å². The van der Waals surface area contributed by atoms with E-state index < -0.39 is 0 Å². The molecule has 1 heterocycles. The van der Waals surface area contributed by atoms with E-state index in [2.05, 4.69) is 29.6 Å². The second kappa shape index (κ2) is 8.11. The molecule has 0 aliphatic carbocycles. The summed E-state index contributed by atoms with van der Waals surface area (Å²) in [6, 6.07) is 10.5. The molecule has 0 aromatic heterocycles. The molecule has 1 aromatic carbocycles. The Morgan fingerprint density at radius 1 is 1.27 bits per heavy atom. The standard InChI is InChI=1S/C18H26N2O2/c1-20(2)12-6-9-17(21)19-15-18(10-13-22-14-11-18)16-7-4-3-5-8-16/h3-9H,10-15H2,1-2H3,(H,19,21)/b9-6+. The maximum atomic E-state index is 12.0. The van der Waals surface area contributed by atoms with Crippen molar-refractivity contribution in [3.8, 4) is 0 Å². The van der Waals surface area contributed by atoms with Gasteiger partial charge in [0, 0.05) is 37.8 Å². The van der Waals surface area contributed by atoms with Gasteiger partial charge in [0.05, 0.1) is 0 Å². The van der Waals surface area contributed by atoms with Crippen molar-refractivity contribution in [1.82, 2.24) is 10.2 Å². The van der Waals surface area contributed by atoms with Gasteiger partial charge in [-0.15, -0.1) is 0 Å². The average molecular weight is 302 g/mol. The highest BCUT2D eigenvalue weighted by molar-refractivity contribution is 5.87. The van der Waals surface area contributed by atoms with Gasteiger partial charge in [-0.2, -0.15) is 0 Å². The van der Waals surface area contributed by atoms with E-state index in [0.29, 0.717) is 6.54 Å². The first-order valence-corrected chi connectivity index (χ1v) is 7.85. The van der Waals surface area contributed by atoms with Crippen molar-refractivity contribution in [3.05, 3.63) is 48.0 Å². The Morgan fingerprint density at radius 3 is 2.59 bits per heavy atom. The molecule has 0 atom stereocenters. The summed E-state index contributed by atoms with van der Waals surface area (Å²) < 4.78 is 5.51. The summed E-state index contributed by atoms with van der Waals surface area (Å²) >= 11 is 0. The Labute approximate surface area is 133 Å². The number of carbonyl (C=O) groups is 1. The number of hydrogen-bond donors (Lipinski definition) is 1. The number of nitrogens with one attached hydrogen (secondary N) is 1. The zero-order valence-electron chi connectivity index (χ0n) is 13.5. The van der Waals surface area contributed by atoms with Gasteiger partial charge < -0.3 is 15.0 Å². The number of benzene rings is 1. The fourth-order valence-corrected chi connectivity index (χ4v) is 2.81. The summed E-state index contributed by atoms with van der Waals surface area (Å²) in [5.74, 6) is -0.0244. The quantitative estimate of drug-likeness (QED) is 0.817. The van der Waals surface area contributed by atoms with E-state index in [0.717, 1.165) is 32.6 Å². The van der Waals surface area contributed by atoms with Gasteiger partial charge in [-0.25, -0.2) is 0 Å². The Bertz CT molecular complexity index is 491. The summed E-state index contributed by atoms with van der Waals surface area (Å²) in [5, 5.41) is 3.07. The van der Waals surface area contributed by atoms with E-state index in [1.165, 1.54) is 5.56 Å². The minimum absolute atomic E-state index is 0.00937. The molecule has 4 heteroatoms. The fraction of sp³-hybridized carbons (Fsp3) is 0.500. The molecule has 1 fully saturated rings. The Morgan fingerprint density at radius 2 is 1.95 bits per heavy atom. The number of rotatable bonds is 6. The smallest absolute Gasteiger partial charge is 0.243 e. The maximum absolute atomic E-state index is 12.0. The Kier molecular flexibility index (Phi) is 6.16. The van der Waals surface area contributed by atoms with Crippen LogP contribution in [0.1, 0.15) is 18.4 Å². The van der Waals surface area contributed by atoms with Gasteiger partial charge in [0.2, 0.25) is 5.91 Å². The molecule has 1 aliphatic heterocycles. The van der Waals surface area contributed by atoms with Gasteiger partial charge in [-0.1, -0.05) is 36.4 Å². The van der Waals surface area contributed by atoms with Gasteiger partial charge in [0.25, 0.3) is 0 Å². The summed E-state index contributed by atoms with van der Waals surface area (Å²) in [6.07, 6.45) is 5.39. The van der Waals surface area contributed by atoms with E-state index in [9.17, 15) is 4.79 Å². The lowest BCUT2D eigenvalue weighted by molar-refractivity contribution is -0.117. The molecule has 4 nitrogen and oxygen atoms in total. The van der Waals surface area contributed by atoms with Gasteiger partial charge in [0.1, 0.15) is 0 Å². The second-order valence-electron chi connectivity index (χ2n) is 6.14. The van der Waals surface area contributed by atoms with Crippen LogP contribution >= 0.6 is 0 Å². The number of ether oxygens (including phenoxy) is 1. The minimum atomic E-state index is -0.0244. The minimum Gasteiger partial charge on any atom is -0.381 e. The number of likely N-dealkylation sites (N-methyl/N-ethyl adjacent to an activating group) is 1. The Hall–Kier alpha value is -1.65. The lowest BCUT2D eigenvalue weighted by atomic mass is 9.74. The van der Waals surface area contributed by atoms with Crippen molar-refractivity contribution in [2.45, 2.75) is 18.3 Å². The van der Waals surface area contributed by atoms with E-state index in [-0.39, 0.29) is 11.3 Å². The molecule has 0 spiro atoms. The fourth-order valence-electron chi connectivity index (χ4n) is 2.81. The number of nitrogens with zero attached hydrogens (tertiary/aromatic N) is 1. The number of amides is 1. The van der Waals surface area contributed by atoms with Crippen molar-refractivity contribution in [2.24, 2.45) is 0 Å². The lowest BCUT2D eigenvalue weighted by Gasteiger charge is -2.37. The molecule has 1 aromatic rings. The monoisotopic (exact) mass is 302 g/mol. The molecule has 2 rings (SSSR count).